The number of hydrogen-bond acceptors (Lipinski definition) is 3. The second-order valence-corrected chi connectivity index (χ2v) is 3.62. The van der Waals surface area contributed by atoms with Gasteiger partial charge in [-0.1, -0.05) is 6.07 Å². The number of carbonyl (C=O) groups is 1. The summed E-state index contributed by atoms with van der Waals surface area (Å²) in [6.07, 6.45) is 5.09. The van der Waals surface area contributed by atoms with E-state index in [9.17, 15) is 9.18 Å². The van der Waals surface area contributed by atoms with E-state index in [1.165, 1.54) is 18.5 Å². The SMILES string of the molecule is O=C(O)C=Cc1cc(Cn2cncn2)ccc1F. The van der Waals surface area contributed by atoms with Gasteiger partial charge in [-0.05, 0) is 23.8 Å². The van der Waals surface area contributed by atoms with Crippen molar-refractivity contribution in [2.24, 2.45) is 0 Å². The van der Waals surface area contributed by atoms with Crippen molar-refractivity contribution in [1.82, 2.24) is 14.8 Å². The minimum absolute atomic E-state index is 0.231. The molecule has 2 rings (SSSR count). The van der Waals surface area contributed by atoms with Crippen LogP contribution in [0.3, 0.4) is 0 Å². The molecule has 0 spiro atoms. The summed E-state index contributed by atoms with van der Waals surface area (Å²) in [7, 11) is 0. The largest absolute Gasteiger partial charge is 0.478 e. The number of carboxylic acid groups (broad SMARTS) is 1. The molecule has 0 saturated carbocycles. The van der Waals surface area contributed by atoms with Crippen molar-refractivity contribution < 1.29 is 14.3 Å². The highest BCUT2D eigenvalue weighted by molar-refractivity contribution is 5.85. The van der Waals surface area contributed by atoms with Gasteiger partial charge < -0.3 is 5.11 Å². The summed E-state index contributed by atoms with van der Waals surface area (Å²) in [5.74, 6) is -1.58. The van der Waals surface area contributed by atoms with Gasteiger partial charge in [-0.15, -0.1) is 0 Å². The molecule has 6 heteroatoms. The van der Waals surface area contributed by atoms with E-state index in [1.807, 2.05) is 0 Å². The number of carboxylic acids is 1. The van der Waals surface area contributed by atoms with Gasteiger partial charge in [0.25, 0.3) is 0 Å². The fourth-order valence-corrected chi connectivity index (χ4v) is 1.48. The van der Waals surface area contributed by atoms with E-state index >= 15 is 0 Å². The van der Waals surface area contributed by atoms with Crippen molar-refractivity contribution in [3.63, 3.8) is 0 Å². The van der Waals surface area contributed by atoms with E-state index in [2.05, 4.69) is 10.1 Å². The van der Waals surface area contributed by atoms with Crippen molar-refractivity contribution in [1.29, 1.82) is 0 Å². The topological polar surface area (TPSA) is 68.0 Å². The zero-order chi connectivity index (χ0) is 13.0. The molecule has 0 aliphatic heterocycles. The molecule has 0 saturated heterocycles. The quantitative estimate of drug-likeness (QED) is 0.832. The first-order chi connectivity index (χ1) is 8.65. The monoisotopic (exact) mass is 247 g/mol. The number of benzene rings is 1. The van der Waals surface area contributed by atoms with E-state index in [1.54, 1.807) is 23.1 Å². The highest BCUT2D eigenvalue weighted by Crippen LogP contribution is 2.13. The number of halogens is 1. The van der Waals surface area contributed by atoms with Crippen LogP contribution in [-0.4, -0.2) is 25.8 Å². The summed E-state index contributed by atoms with van der Waals surface area (Å²) in [4.78, 5) is 14.2. The molecule has 1 aromatic heterocycles. The van der Waals surface area contributed by atoms with Crippen molar-refractivity contribution in [2.45, 2.75) is 6.54 Å². The minimum Gasteiger partial charge on any atom is -0.478 e. The molecule has 0 aliphatic carbocycles. The molecular weight excluding hydrogens is 237 g/mol. The van der Waals surface area contributed by atoms with E-state index in [4.69, 9.17) is 5.11 Å². The zero-order valence-electron chi connectivity index (χ0n) is 9.32. The number of aliphatic carboxylic acids is 1. The van der Waals surface area contributed by atoms with Crippen LogP contribution in [0.5, 0.6) is 0 Å². The number of rotatable bonds is 4. The van der Waals surface area contributed by atoms with E-state index in [0.717, 1.165) is 11.6 Å². The van der Waals surface area contributed by atoms with Gasteiger partial charge in [0.05, 0.1) is 6.54 Å². The highest BCUT2D eigenvalue weighted by Gasteiger charge is 2.02. The third-order valence-electron chi connectivity index (χ3n) is 2.28. The van der Waals surface area contributed by atoms with Crippen LogP contribution >= 0.6 is 0 Å². The van der Waals surface area contributed by atoms with Gasteiger partial charge >= 0.3 is 5.97 Å². The Kier molecular flexibility index (Phi) is 3.47. The molecule has 92 valence electrons. The number of hydrogen-bond donors (Lipinski definition) is 1. The Morgan fingerprint density at radius 1 is 1.50 bits per heavy atom. The molecule has 1 N–H and O–H groups in total. The predicted octanol–water partition coefficient (Wildman–Crippen LogP) is 1.56. The maximum Gasteiger partial charge on any atom is 0.328 e. The van der Waals surface area contributed by atoms with Crippen molar-refractivity contribution in [2.75, 3.05) is 0 Å². The van der Waals surface area contributed by atoms with Crippen LogP contribution in [-0.2, 0) is 11.3 Å². The smallest absolute Gasteiger partial charge is 0.328 e. The third kappa shape index (κ3) is 3.00. The van der Waals surface area contributed by atoms with Crippen LogP contribution < -0.4 is 0 Å². The Morgan fingerprint density at radius 2 is 2.33 bits per heavy atom. The third-order valence-corrected chi connectivity index (χ3v) is 2.28. The first-order valence-electron chi connectivity index (χ1n) is 5.17. The van der Waals surface area contributed by atoms with Gasteiger partial charge in [-0.2, -0.15) is 5.10 Å². The summed E-state index contributed by atoms with van der Waals surface area (Å²) < 4.78 is 15.0. The number of nitrogens with zero attached hydrogens (tertiary/aromatic N) is 3. The highest BCUT2D eigenvalue weighted by atomic mass is 19.1. The van der Waals surface area contributed by atoms with Gasteiger partial charge in [0.1, 0.15) is 18.5 Å². The summed E-state index contributed by atoms with van der Waals surface area (Å²) in [5.41, 5.74) is 1.04. The van der Waals surface area contributed by atoms with Crippen molar-refractivity contribution in [3.8, 4) is 0 Å². The average molecular weight is 247 g/mol. The first kappa shape index (κ1) is 12.0. The van der Waals surface area contributed by atoms with E-state index in [-0.39, 0.29) is 5.56 Å². The van der Waals surface area contributed by atoms with E-state index in [0.29, 0.717) is 6.54 Å². The number of aromatic nitrogens is 3. The Balaban J connectivity index is 2.23. The normalized spacial score (nSPS) is 10.9. The van der Waals surface area contributed by atoms with Gasteiger partial charge in [0.15, 0.2) is 0 Å². The lowest BCUT2D eigenvalue weighted by molar-refractivity contribution is -0.131. The molecule has 1 heterocycles. The molecule has 0 aliphatic rings. The van der Waals surface area contributed by atoms with Gasteiger partial charge in [0, 0.05) is 11.6 Å². The summed E-state index contributed by atoms with van der Waals surface area (Å²) >= 11 is 0. The molecule has 2 aromatic rings. The maximum absolute atomic E-state index is 13.4. The van der Waals surface area contributed by atoms with Crippen LogP contribution in [0.1, 0.15) is 11.1 Å². The Labute approximate surface area is 102 Å². The van der Waals surface area contributed by atoms with Crippen LogP contribution in [0.15, 0.2) is 36.9 Å². The lowest BCUT2D eigenvalue weighted by Crippen LogP contribution is -2.00. The second kappa shape index (κ2) is 5.22. The Bertz CT molecular complexity index is 579. The maximum atomic E-state index is 13.4. The van der Waals surface area contributed by atoms with Crippen LogP contribution in [0, 0.1) is 5.82 Å². The summed E-state index contributed by atoms with van der Waals surface area (Å²) in [6, 6.07) is 4.50. The van der Waals surface area contributed by atoms with Crippen LogP contribution in [0.4, 0.5) is 4.39 Å². The lowest BCUT2D eigenvalue weighted by atomic mass is 10.1. The van der Waals surface area contributed by atoms with Crippen molar-refractivity contribution in [3.05, 3.63) is 53.9 Å². The molecule has 0 radical (unpaired) electrons. The average Bonchev–Trinajstić information content (AvgIpc) is 2.82. The lowest BCUT2D eigenvalue weighted by Gasteiger charge is -2.03. The fraction of sp³-hybridized carbons (Fsp3) is 0.0833. The van der Waals surface area contributed by atoms with Gasteiger partial charge in [0.2, 0.25) is 0 Å². The molecule has 0 bridgehead atoms. The molecule has 18 heavy (non-hydrogen) atoms. The first-order valence-corrected chi connectivity index (χ1v) is 5.17. The minimum atomic E-state index is -1.11. The molecule has 0 amide bonds. The summed E-state index contributed by atoms with van der Waals surface area (Å²) in [5, 5.41) is 12.4. The Hall–Kier alpha value is -2.50. The molecule has 0 atom stereocenters. The molecule has 5 nitrogen and oxygen atoms in total. The van der Waals surface area contributed by atoms with Gasteiger partial charge in [-0.3, -0.25) is 0 Å². The molecule has 0 unspecified atom stereocenters. The fourth-order valence-electron chi connectivity index (χ4n) is 1.48. The predicted molar refractivity (Wildman–Crippen MR) is 62.2 cm³/mol. The van der Waals surface area contributed by atoms with Gasteiger partial charge in [-0.25, -0.2) is 18.9 Å². The summed E-state index contributed by atoms with van der Waals surface area (Å²) in [6.45, 7) is 0.453. The standard InChI is InChI=1S/C12H10FN3O2/c13-11-3-1-9(6-16-8-14-7-15-16)5-10(11)2-4-12(17)18/h1-5,7-8H,6H2,(H,17,18). The van der Waals surface area contributed by atoms with Crippen molar-refractivity contribution >= 4 is 12.0 Å². The Morgan fingerprint density at radius 3 is 3.00 bits per heavy atom. The van der Waals surface area contributed by atoms with Crippen LogP contribution in [0.25, 0.3) is 6.08 Å². The second-order valence-electron chi connectivity index (χ2n) is 3.62. The van der Waals surface area contributed by atoms with Crippen LogP contribution in [0.2, 0.25) is 0 Å². The van der Waals surface area contributed by atoms with E-state index < -0.39 is 11.8 Å². The molecule has 1 aromatic carbocycles. The molecular formula is C12H10FN3O2. The zero-order valence-corrected chi connectivity index (χ0v) is 9.32. The molecule has 0 fully saturated rings.